The Kier molecular flexibility index (Phi) is 3.64. The van der Waals surface area contributed by atoms with E-state index < -0.39 is 0 Å². The molecule has 2 rings (SSSR count). The van der Waals surface area contributed by atoms with Crippen molar-refractivity contribution in [2.75, 3.05) is 0 Å². The van der Waals surface area contributed by atoms with E-state index in [2.05, 4.69) is 0 Å². The minimum Gasteiger partial charge on any atom is -0.508 e. The summed E-state index contributed by atoms with van der Waals surface area (Å²) in [5.74, 6) is 0.172. The highest BCUT2D eigenvalue weighted by atomic mass is 35.5. The highest BCUT2D eigenvalue weighted by Crippen LogP contribution is 2.35. The molecule has 0 aliphatic rings. The monoisotopic (exact) mass is 270 g/mol. The summed E-state index contributed by atoms with van der Waals surface area (Å²) >= 11 is 13.3. The van der Waals surface area contributed by atoms with Crippen molar-refractivity contribution in [2.45, 2.75) is 9.79 Å². The summed E-state index contributed by atoms with van der Waals surface area (Å²) < 4.78 is 0. The zero-order valence-electron chi connectivity index (χ0n) is 8.15. The second kappa shape index (κ2) is 5.00. The number of phenols is 1. The third-order valence-electron chi connectivity index (χ3n) is 1.96. The molecule has 0 saturated heterocycles. The first-order chi connectivity index (χ1) is 7.65. The van der Waals surface area contributed by atoms with Crippen LogP contribution in [0.4, 0.5) is 0 Å². The van der Waals surface area contributed by atoms with Crippen molar-refractivity contribution >= 4 is 35.0 Å². The fourth-order valence-corrected chi connectivity index (χ4v) is 2.44. The molecule has 0 radical (unpaired) electrons. The molecule has 0 aromatic heterocycles. The Morgan fingerprint density at radius 3 is 2.25 bits per heavy atom. The standard InChI is InChI=1S/C12H8Cl2OS/c13-8-1-4-10(5-2-8)16-12-6-3-9(15)7-11(12)14/h1-7,15H. The summed E-state index contributed by atoms with van der Waals surface area (Å²) in [7, 11) is 0. The number of halogens is 2. The number of hydrogen-bond donors (Lipinski definition) is 1. The average molecular weight is 271 g/mol. The second-order valence-corrected chi connectivity index (χ2v) is 5.13. The molecule has 0 unspecified atom stereocenters. The summed E-state index contributed by atoms with van der Waals surface area (Å²) in [6.45, 7) is 0. The molecule has 0 heterocycles. The fourth-order valence-electron chi connectivity index (χ4n) is 1.20. The molecule has 0 fully saturated rings. The first-order valence-electron chi connectivity index (χ1n) is 4.57. The minimum atomic E-state index is 0.172. The smallest absolute Gasteiger partial charge is 0.117 e. The molecule has 1 N–H and O–H groups in total. The summed E-state index contributed by atoms with van der Waals surface area (Å²) in [6.07, 6.45) is 0. The van der Waals surface area contributed by atoms with E-state index in [9.17, 15) is 5.11 Å². The van der Waals surface area contributed by atoms with Gasteiger partial charge in [-0.3, -0.25) is 0 Å². The highest BCUT2D eigenvalue weighted by molar-refractivity contribution is 7.99. The molecule has 0 spiro atoms. The van der Waals surface area contributed by atoms with Crippen molar-refractivity contribution in [3.8, 4) is 5.75 Å². The molecule has 2 aromatic rings. The third kappa shape index (κ3) is 2.85. The molecule has 0 aliphatic carbocycles. The van der Waals surface area contributed by atoms with Crippen molar-refractivity contribution in [3.05, 3.63) is 52.5 Å². The van der Waals surface area contributed by atoms with Crippen LogP contribution in [0.25, 0.3) is 0 Å². The van der Waals surface area contributed by atoms with Gasteiger partial charge in [-0.05, 0) is 42.5 Å². The number of aromatic hydroxyl groups is 1. The first-order valence-corrected chi connectivity index (χ1v) is 6.14. The van der Waals surface area contributed by atoms with Gasteiger partial charge in [-0.15, -0.1) is 0 Å². The largest absolute Gasteiger partial charge is 0.508 e. The van der Waals surface area contributed by atoms with Gasteiger partial charge in [-0.25, -0.2) is 0 Å². The van der Waals surface area contributed by atoms with Gasteiger partial charge in [0.2, 0.25) is 0 Å². The molecular weight excluding hydrogens is 263 g/mol. The lowest BCUT2D eigenvalue weighted by molar-refractivity contribution is 0.475. The van der Waals surface area contributed by atoms with Gasteiger partial charge in [0.25, 0.3) is 0 Å². The first kappa shape index (κ1) is 11.6. The zero-order valence-corrected chi connectivity index (χ0v) is 10.5. The van der Waals surface area contributed by atoms with E-state index in [1.54, 1.807) is 12.1 Å². The summed E-state index contributed by atoms with van der Waals surface area (Å²) in [5.41, 5.74) is 0. The van der Waals surface area contributed by atoms with Gasteiger partial charge in [-0.2, -0.15) is 0 Å². The molecule has 0 bridgehead atoms. The van der Waals surface area contributed by atoms with Crippen molar-refractivity contribution in [1.82, 2.24) is 0 Å². The minimum absolute atomic E-state index is 0.172. The van der Waals surface area contributed by atoms with Gasteiger partial charge in [0.05, 0.1) is 5.02 Å². The Hall–Kier alpha value is -0.830. The second-order valence-electron chi connectivity index (χ2n) is 3.17. The van der Waals surface area contributed by atoms with Gasteiger partial charge in [0.1, 0.15) is 5.75 Å². The summed E-state index contributed by atoms with van der Waals surface area (Å²) in [6, 6.07) is 12.4. The average Bonchev–Trinajstić information content (AvgIpc) is 2.25. The lowest BCUT2D eigenvalue weighted by Gasteiger charge is -2.04. The molecular formula is C12H8Cl2OS. The molecule has 0 amide bonds. The molecule has 82 valence electrons. The Labute approximate surface area is 108 Å². The maximum atomic E-state index is 9.23. The predicted molar refractivity (Wildman–Crippen MR) is 68.7 cm³/mol. The maximum Gasteiger partial charge on any atom is 0.117 e. The van der Waals surface area contributed by atoms with Gasteiger partial charge < -0.3 is 5.11 Å². The van der Waals surface area contributed by atoms with Crippen LogP contribution < -0.4 is 0 Å². The normalized spacial score (nSPS) is 10.4. The SMILES string of the molecule is Oc1ccc(Sc2ccc(Cl)cc2)c(Cl)c1. The van der Waals surface area contributed by atoms with Crippen molar-refractivity contribution in [2.24, 2.45) is 0 Å². The lowest BCUT2D eigenvalue weighted by atomic mass is 10.3. The van der Waals surface area contributed by atoms with Gasteiger partial charge in [-0.1, -0.05) is 35.0 Å². The van der Waals surface area contributed by atoms with Crippen LogP contribution in [0.1, 0.15) is 0 Å². The van der Waals surface area contributed by atoms with Crippen molar-refractivity contribution in [1.29, 1.82) is 0 Å². The number of rotatable bonds is 2. The van der Waals surface area contributed by atoms with Crippen LogP contribution in [0.3, 0.4) is 0 Å². The molecule has 1 nitrogen and oxygen atoms in total. The zero-order chi connectivity index (χ0) is 11.5. The number of phenolic OH excluding ortho intramolecular Hbond substituents is 1. The number of benzene rings is 2. The van der Waals surface area contributed by atoms with Crippen LogP contribution in [0.5, 0.6) is 5.75 Å². The van der Waals surface area contributed by atoms with E-state index in [0.717, 1.165) is 9.79 Å². The van der Waals surface area contributed by atoms with E-state index in [-0.39, 0.29) is 5.75 Å². The van der Waals surface area contributed by atoms with Crippen LogP contribution in [-0.4, -0.2) is 5.11 Å². The lowest BCUT2D eigenvalue weighted by Crippen LogP contribution is -1.76. The van der Waals surface area contributed by atoms with Crippen LogP contribution in [0.2, 0.25) is 10.0 Å². The summed E-state index contributed by atoms with van der Waals surface area (Å²) in [5, 5.41) is 10.5. The molecule has 0 saturated carbocycles. The van der Waals surface area contributed by atoms with Crippen molar-refractivity contribution in [3.63, 3.8) is 0 Å². The van der Waals surface area contributed by atoms with Crippen LogP contribution in [0, 0.1) is 0 Å². The van der Waals surface area contributed by atoms with Crippen LogP contribution >= 0.6 is 35.0 Å². The predicted octanol–water partition coefficient (Wildman–Crippen LogP) is 4.85. The third-order valence-corrected chi connectivity index (χ3v) is 3.72. The van der Waals surface area contributed by atoms with E-state index in [0.29, 0.717) is 10.0 Å². The topological polar surface area (TPSA) is 20.2 Å². The molecule has 0 aliphatic heterocycles. The van der Waals surface area contributed by atoms with Gasteiger partial charge in [0, 0.05) is 14.8 Å². The number of hydrogen-bond acceptors (Lipinski definition) is 2. The Morgan fingerprint density at radius 1 is 0.938 bits per heavy atom. The Bertz CT molecular complexity index is 497. The van der Waals surface area contributed by atoms with Crippen molar-refractivity contribution < 1.29 is 5.11 Å². The molecule has 0 atom stereocenters. The van der Waals surface area contributed by atoms with Crippen LogP contribution in [-0.2, 0) is 0 Å². The Morgan fingerprint density at radius 2 is 1.62 bits per heavy atom. The van der Waals surface area contributed by atoms with Crippen LogP contribution in [0.15, 0.2) is 52.3 Å². The summed E-state index contributed by atoms with van der Waals surface area (Å²) in [4.78, 5) is 1.96. The maximum absolute atomic E-state index is 9.23. The van der Waals surface area contributed by atoms with E-state index in [4.69, 9.17) is 23.2 Å². The molecule has 2 aromatic carbocycles. The van der Waals surface area contributed by atoms with E-state index >= 15 is 0 Å². The van der Waals surface area contributed by atoms with Gasteiger partial charge >= 0.3 is 0 Å². The quantitative estimate of drug-likeness (QED) is 0.842. The highest BCUT2D eigenvalue weighted by Gasteiger charge is 2.03. The van der Waals surface area contributed by atoms with E-state index in [1.165, 1.54) is 17.8 Å². The molecule has 4 heteroatoms. The fraction of sp³-hybridized carbons (Fsp3) is 0. The van der Waals surface area contributed by atoms with Gasteiger partial charge in [0.15, 0.2) is 0 Å². The van der Waals surface area contributed by atoms with E-state index in [1.807, 2.05) is 24.3 Å². The molecule has 16 heavy (non-hydrogen) atoms. The Balaban J connectivity index is 2.23.